The lowest BCUT2D eigenvalue weighted by atomic mass is 9.74. The number of anilines is 1. The molecule has 0 radical (unpaired) electrons. The van der Waals surface area contributed by atoms with Crippen molar-refractivity contribution in [3.8, 4) is 0 Å². The SMILES string of the molecule is CCOC(=O)N1c2ccc(C(F)(F)F)cc2C(C(CF)c2cc(C(F)(F)F)cc(C(F)(F)F)c2)CC1CC. The summed E-state index contributed by atoms with van der Waals surface area (Å²) < 4.78 is 141. The van der Waals surface area contributed by atoms with Crippen molar-refractivity contribution >= 4 is 11.8 Å². The van der Waals surface area contributed by atoms with Gasteiger partial charge in [0.25, 0.3) is 0 Å². The zero-order chi connectivity index (χ0) is 28.6. The van der Waals surface area contributed by atoms with Crippen LogP contribution >= 0.6 is 0 Å². The number of hydrogen-bond donors (Lipinski definition) is 0. The summed E-state index contributed by atoms with van der Waals surface area (Å²) in [4.78, 5) is 13.8. The van der Waals surface area contributed by atoms with E-state index in [-0.39, 0.29) is 36.8 Å². The van der Waals surface area contributed by atoms with Gasteiger partial charge in [-0.05, 0) is 73.2 Å². The summed E-state index contributed by atoms with van der Waals surface area (Å²) in [5, 5.41) is 0. The predicted octanol–water partition coefficient (Wildman–Crippen LogP) is 8.73. The molecule has 0 N–H and O–H groups in total. The number of rotatable bonds is 5. The third kappa shape index (κ3) is 6.01. The van der Waals surface area contributed by atoms with Gasteiger partial charge in [0.05, 0.1) is 35.7 Å². The van der Waals surface area contributed by atoms with Crippen molar-refractivity contribution < 1.29 is 53.4 Å². The standard InChI is InChI=1S/C25H23F10NO2/c1-3-17-11-18(19-10-14(23(27,28)29)5-6-21(19)36(17)22(37)38-4-2)20(12-26)13-7-15(24(30,31)32)9-16(8-13)25(33,34)35/h5-10,17-18,20H,3-4,11-12H2,1-2H3. The molecule has 38 heavy (non-hydrogen) atoms. The highest BCUT2D eigenvalue weighted by molar-refractivity contribution is 5.90. The van der Waals surface area contributed by atoms with Crippen molar-refractivity contribution in [2.24, 2.45) is 0 Å². The molecule has 1 aliphatic rings. The molecule has 210 valence electrons. The summed E-state index contributed by atoms with van der Waals surface area (Å²) in [6.45, 7) is 1.60. The van der Waals surface area contributed by atoms with Gasteiger partial charge in [0.2, 0.25) is 0 Å². The van der Waals surface area contributed by atoms with Crippen LogP contribution in [0.15, 0.2) is 36.4 Å². The van der Waals surface area contributed by atoms with Crippen LogP contribution in [0, 0.1) is 0 Å². The first kappa shape index (κ1) is 29.6. The Kier molecular flexibility index (Phi) is 8.28. The first-order valence-electron chi connectivity index (χ1n) is 11.5. The molecule has 3 nitrogen and oxygen atoms in total. The molecule has 0 spiro atoms. The van der Waals surface area contributed by atoms with Crippen LogP contribution in [0.3, 0.4) is 0 Å². The van der Waals surface area contributed by atoms with E-state index in [2.05, 4.69) is 0 Å². The molecule has 1 amide bonds. The topological polar surface area (TPSA) is 29.5 Å². The average molecular weight is 559 g/mol. The number of hydrogen-bond acceptors (Lipinski definition) is 2. The lowest BCUT2D eigenvalue weighted by Crippen LogP contribution is -2.46. The molecule has 0 saturated heterocycles. The van der Waals surface area contributed by atoms with Gasteiger partial charge < -0.3 is 4.74 Å². The van der Waals surface area contributed by atoms with Crippen LogP contribution in [-0.4, -0.2) is 25.4 Å². The minimum Gasteiger partial charge on any atom is -0.449 e. The van der Waals surface area contributed by atoms with Crippen molar-refractivity contribution in [3.05, 3.63) is 64.2 Å². The zero-order valence-corrected chi connectivity index (χ0v) is 20.1. The van der Waals surface area contributed by atoms with Crippen molar-refractivity contribution in [1.82, 2.24) is 0 Å². The van der Waals surface area contributed by atoms with Crippen molar-refractivity contribution in [2.45, 2.75) is 63.1 Å². The van der Waals surface area contributed by atoms with Crippen molar-refractivity contribution in [2.75, 3.05) is 18.2 Å². The number of alkyl halides is 10. The molecule has 0 saturated carbocycles. The third-order valence-electron chi connectivity index (χ3n) is 6.53. The normalized spacial score (nSPS) is 19.2. The maximum Gasteiger partial charge on any atom is 0.416 e. The summed E-state index contributed by atoms with van der Waals surface area (Å²) in [7, 11) is 0. The van der Waals surface area contributed by atoms with Crippen LogP contribution in [0.2, 0.25) is 0 Å². The molecule has 0 aromatic heterocycles. The Morgan fingerprint density at radius 1 is 0.895 bits per heavy atom. The van der Waals surface area contributed by atoms with Gasteiger partial charge in [-0.3, -0.25) is 9.29 Å². The Morgan fingerprint density at radius 3 is 1.89 bits per heavy atom. The number of carbonyl (C=O) groups excluding carboxylic acids is 1. The zero-order valence-electron chi connectivity index (χ0n) is 20.1. The first-order valence-corrected chi connectivity index (χ1v) is 11.5. The van der Waals surface area contributed by atoms with Gasteiger partial charge in [0.1, 0.15) is 0 Å². The lowest BCUT2D eigenvalue weighted by Gasteiger charge is -2.42. The largest absolute Gasteiger partial charge is 0.449 e. The van der Waals surface area contributed by atoms with E-state index in [9.17, 15) is 48.7 Å². The molecule has 0 bridgehead atoms. The van der Waals surface area contributed by atoms with E-state index in [4.69, 9.17) is 4.74 Å². The van der Waals surface area contributed by atoms with E-state index in [1.165, 1.54) is 6.92 Å². The summed E-state index contributed by atoms with van der Waals surface area (Å²) in [6.07, 6.45) is -16.2. The quantitative estimate of drug-likeness (QED) is 0.343. The van der Waals surface area contributed by atoms with E-state index in [1.807, 2.05) is 0 Å². The fourth-order valence-electron chi connectivity index (χ4n) is 4.76. The minimum atomic E-state index is -5.20. The Hall–Kier alpha value is -2.99. The molecule has 1 heterocycles. The first-order chi connectivity index (χ1) is 17.5. The summed E-state index contributed by atoms with van der Waals surface area (Å²) >= 11 is 0. The van der Waals surface area contributed by atoms with E-state index in [0.717, 1.165) is 11.0 Å². The number of halogens is 10. The number of benzene rings is 2. The number of nitrogens with zero attached hydrogens (tertiary/aromatic N) is 1. The molecule has 0 aliphatic carbocycles. The van der Waals surface area contributed by atoms with Gasteiger partial charge in [-0.1, -0.05) is 6.92 Å². The maximum atomic E-state index is 14.5. The van der Waals surface area contributed by atoms with Crippen LogP contribution in [0.4, 0.5) is 54.4 Å². The second kappa shape index (κ2) is 10.6. The van der Waals surface area contributed by atoms with Crippen LogP contribution in [0.5, 0.6) is 0 Å². The minimum absolute atomic E-state index is 0.0667. The molecule has 3 unspecified atom stereocenters. The van der Waals surface area contributed by atoms with Gasteiger partial charge in [-0.2, -0.15) is 39.5 Å². The van der Waals surface area contributed by atoms with E-state index >= 15 is 0 Å². The van der Waals surface area contributed by atoms with Crippen molar-refractivity contribution in [3.63, 3.8) is 0 Å². The molecule has 3 rings (SSSR count). The second-order valence-electron chi connectivity index (χ2n) is 8.84. The Bertz CT molecular complexity index is 1120. The molecule has 0 fully saturated rings. The Balaban J connectivity index is 2.27. The molecule has 2 aromatic carbocycles. The highest BCUT2D eigenvalue weighted by Crippen LogP contribution is 2.49. The molecule has 3 atom stereocenters. The summed E-state index contributed by atoms with van der Waals surface area (Å²) in [5.74, 6) is -2.95. The van der Waals surface area contributed by atoms with Gasteiger partial charge in [0, 0.05) is 12.0 Å². The molecular weight excluding hydrogens is 536 g/mol. The van der Waals surface area contributed by atoms with Crippen molar-refractivity contribution in [1.29, 1.82) is 0 Å². The van der Waals surface area contributed by atoms with Crippen LogP contribution in [-0.2, 0) is 23.3 Å². The average Bonchev–Trinajstić information content (AvgIpc) is 2.82. The monoisotopic (exact) mass is 559 g/mol. The van der Waals surface area contributed by atoms with E-state index in [0.29, 0.717) is 24.3 Å². The van der Waals surface area contributed by atoms with Gasteiger partial charge in [-0.25, -0.2) is 4.79 Å². The Labute approximate surface area is 211 Å². The Morgan fingerprint density at radius 2 is 1.45 bits per heavy atom. The molecule has 1 aliphatic heterocycles. The van der Waals surface area contributed by atoms with Gasteiger partial charge >= 0.3 is 24.6 Å². The predicted molar refractivity (Wildman–Crippen MR) is 118 cm³/mol. The maximum absolute atomic E-state index is 14.5. The van der Waals surface area contributed by atoms with E-state index in [1.54, 1.807) is 6.92 Å². The van der Waals surface area contributed by atoms with Gasteiger partial charge in [0.15, 0.2) is 0 Å². The smallest absolute Gasteiger partial charge is 0.416 e. The van der Waals surface area contributed by atoms with E-state index < -0.39 is 71.4 Å². The fourth-order valence-corrected chi connectivity index (χ4v) is 4.76. The highest BCUT2D eigenvalue weighted by atomic mass is 19.4. The fraction of sp³-hybridized carbons (Fsp3) is 0.480. The number of amides is 1. The highest BCUT2D eigenvalue weighted by Gasteiger charge is 2.43. The number of fused-ring (bicyclic) bond motifs is 1. The van der Waals surface area contributed by atoms with Crippen LogP contribution in [0.1, 0.15) is 66.3 Å². The summed E-state index contributed by atoms with van der Waals surface area (Å²) in [6, 6.07) is 2.20. The second-order valence-corrected chi connectivity index (χ2v) is 8.84. The number of carbonyl (C=O) groups is 1. The van der Waals surface area contributed by atoms with Crippen LogP contribution in [0.25, 0.3) is 0 Å². The lowest BCUT2D eigenvalue weighted by molar-refractivity contribution is -0.143. The van der Waals surface area contributed by atoms with Gasteiger partial charge in [-0.15, -0.1) is 0 Å². The van der Waals surface area contributed by atoms with Crippen LogP contribution < -0.4 is 4.90 Å². The number of ether oxygens (including phenoxy) is 1. The molecule has 13 heteroatoms. The third-order valence-corrected chi connectivity index (χ3v) is 6.53. The molecule has 2 aromatic rings. The summed E-state index contributed by atoms with van der Waals surface area (Å²) in [5.41, 5.74) is -5.48. The molecular formula is C25H23F10NO2.